The molecule has 1 rings (SSSR count). The molecule has 0 heterocycles. The summed E-state index contributed by atoms with van der Waals surface area (Å²) in [5, 5.41) is 0. The van der Waals surface area contributed by atoms with Crippen molar-refractivity contribution in [3.63, 3.8) is 0 Å². The van der Waals surface area contributed by atoms with Crippen LogP contribution in [-0.2, 0) is 5.41 Å². The van der Waals surface area contributed by atoms with Gasteiger partial charge in [-0.2, -0.15) is 0 Å². The van der Waals surface area contributed by atoms with Crippen molar-refractivity contribution in [2.24, 2.45) is 0 Å². The van der Waals surface area contributed by atoms with E-state index in [0.717, 1.165) is 23.5 Å². The summed E-state index contributed by atoms with van der Waals surface area (Å²) in [6, 6.07) is 8.64. The van der Waals surface area contributed by atoms with E-state index in [9.17, 15) is 0 Å². The van der Waals surface area contributed by atoms with Gasteiger partial charge in [0.05, 0.1) is 0 Å². The zero-order chi connectivity index (χ0) is 16.8. The number of hydrogen-bond donors (Lipinski definition) is 0. The molecule has 0 aliphatic rings. The predicted octanol–water partition coefficient (Wildman–Crippen LogP) is 6.36. The Morgan fingerprint density at radius 3 is 2.05 bits per heavy atom. The summed E-state index contributed by atoms with van der Waals surface area (Å²) in [4.78, 5) is 2.08. The maximum atomic E-state index is 4.19. The van der Waals surface area contributed by atoms with Crippen molar-refractivity contribution >= 4 is 5.69 Å². The second-order valence-corrected chi connectivity index (χ2v) is 6.43. The molecule has 0 atom stereocenters. The van der Waals surface area contributed by atoms with Crippen LogP contribution in [0.2, 0.25) is 0 Å². The number of hydrogen-bond acceptors (Lipinski definition) is 1. The quantitative estimate of drug-likeness (QED) is 0.552. The van der Waals surface area contributed by atoms with Crippen LogP contribution in [0.25, 0.3) is 0 Å². The SMILES string of the molecule is C=C(/C=C\C)N(C(=C)/C=C\CC)c1ccc(C(C)(C)C)cc1. The fourth-order valence-corrected chi connectivity index (χ4v) is 2.22. The van der Waals surface area contributed by atoms with Gasteiger partial charge in [0.15, 0.2) is 0 Å². The van der Waals surface area contributed by atoms with Gasteiger partial charge in [0.2, 0.25) is 0 Å². The Bertz CT molecular complexity index is 565. The Morgan fingerprint density at radius 2 is 1.59 bits per heavy atom. The first-order chi connectivity index (χ1) is 10.3. The molecule has 22 heavy (non-hydrogen) atoms. The van der Waals surface area contributed by atoms with Crippen LogP contribution in [0.5, 0.6) is 0 Å². The number of rotatable bonds is 6. The van der Waals surface area contributed by atoms with Crippen LogP contribution in [-0.4, -0.2) is 0 Å². The predicted molar refractivity (Wildman–Crippen MR) is 100 cm³/mol. The molecule has 0 aromatic heterocycles. The summed E-state index contributed by atoms with van der Waals surface area (Å²) in [5.41, 5.74) is 4.40. The van der Waals surface area contributed by atoms with Crippen LogP contribution in [0.4, 0.5) is 5.69 Å². The third-order valence-corrected chi connectivity index (χ3v) is 3.47. The third-order valence-electron chi connectivity index (χ3n) is 3.47. The Balaban J connectivity index is 3.19. The molecule has 0 fully saturated rings. The number of benzene rings is 1. The molecule has 1 heteroatoms. The van der Waals surface area contributed by atoms with E-state index in [4.69, 9.17) is 0 Å². The molecule has 1 aromatic rings. The molecule has 0 saturated carbocycles. The smallest absolute Gasteiger partial charge is 0.0461 e. The highest BCUT2D eigenvalue weighted by atomic mass is 15.1. The van der Waals surface area contributed by atoms with Gasteiger partial charge < -0.3 is 4.90 Å². The monoisotopic (exact) mass is 295 g/mol. The van der Waals surface area contributed by atoms with Crippen LogP contribution in [0.3, 0.4) is 0 Å². The van der Waals surface area contributed by atoms with Gasteiger partial charge in [0, 0.05) is 17.1 Å². The first-order valence-electron chi connectivity index (χ1n) is 7.89. The van der Waals surface area contributed by atoms with E-state index in [0.29, 0.717) is 0 Å². The fraction of sp³-hybridized carbons (Fsp3) is 0.333. The second kappa shape index (κ2) is 7.84. The summed E-state index contributed by atoms with van der Waals surface area (Å²) in [6.07, 6.45) is 9.15. The molecule has 0 aliphatic carbocycles. The minimum atomic E-state index is 0.156. The molecule has 1 aromatic carbocycles. The Hall–Kier alpha value is -2.02. The van der Waals surface area contributed by atoms with E-state index in [1.54, 1.807) is 0 Å². The highest BCUT2D eigenvalue weighted by Gasteiger charge is 2.15. The molecule has 0 saturated heterocycles. The molecular formula is C21H29N. The summed E-state index contributed by atoms with van der Waals surface area (Å²) < 4.78 is 0. The lowest BCUT2D eigenvalue weighted by atomic mass is 9.87. The van der Waals surface area contributed by atoms with Gasteiger partial charge in [-0.3, -0.25) is 0 Å². The van der Waals surface area contributed by atoms with Crippen molar-refractivity contribution in [3.8, 4) is 0 Å². The fourth-order valence-electron chi connectivity index (χ4n) is 2.22. The van der Waals surface area contributed by atoms with E-state index in [1.165, 1.54) is 5.56 Å². The highest BCUT2D eigenvalue weighted by molar-refractivity contribution is 5.62. The average Bonchev–Trinajstić information content (AvgIpc) is 2.45. The summed E-state index contributed by atoms with van der Waals surface area (Å²) >= 11 is 0. The van der Waals surface area contributed by atoms with Crippen LogP contribution < -0.4 is 4.90 Å². The van der Waals surface area contributed by atoms with E-state index in [2.05, 4.69) is 76.1 Å². The van der Waals surface area contributed by atoms with Crippen molar-refractivity contribution in [1.82, 2.24) is 0 Å². The largest absolute Gasteiger partial charge is 0.312 e. The van der Waals surface area contributed by atoms with Crippen LogP contribution in [0.1, 0.15) is 46.6 Å². The standard InChI is InChI=1S/C21H29N/c1-8-10-12-18(4)22(17(3)11-9-2)20-15-13-19(14-16-20)21(5,6)7/h9-16H,3-4,8H2,1-2,5-7H3/b11-9-,12-10-. The maximum absolute atomic E-state index is 4.19. The van der Waals surface area contributed by atoms with Crippen LogP contribution in [0, 0.1) is 0 Å². The van der Waals surface area contributed by atoms with Crippen LogP contribution >= 0.6 is 0 Å². The van der Waals surface area contributed by atoms with Crippen molar-refractivity contribution in [3.05, 3.63) is 78.7 Å². The molecule has 118 valence electrons. The number of allylic oxidation sites excluding steroid dienone is 4. The van der Waals surface area contributed by atoms with Gasteiger partial charge in [-0.05, 0) is 48.6 Å². The topological polar surface area (TPSA) is 3.24 Å². The van der Waals surface area contributed by atoms with E-state index in [1.807, 2.05) is 25.2 Å². The van der Waals surface area contributed by atoms with Crippen molar-refractivity contribution < 1.29 is 0 Å². The molecule has 0 spiro atoms. The molecule has 0 radical (unpaired) electrons. The zero-order valence-corrected chi connectivity index (χ0v) is 14.7. The minimum Gasteiger partial charge on any atom is -0.312 e. The van der Waals surface area contributed by atoms with Gasteiger partial charge in [-0.25, -0.2) is 0 Å². The summed E-state index contributed by atoms with van der Waals surface area (Å²) in [6.45, 7) is 19.1. The average molecular weight is 295 g/mol. The number of nitrogens with zero attached hydrogens (tertiary/aromatic N) is 1. The lowest BCUT2D eigenvalue weighted by Gasteiger charge is -2.27. The molecular weight excluding hydrogens is 266 g/mol. The Morgan fingerprint density at radius 1 is 1.05 bits per heavy atom. The maximum Gasteiger partial charge on any atom is 0.0461 e. The molecule has 0 unspecified atom stereocenters. The van der Waals surface area contributed by atoms with E-state index in [-0.39, 0.29) is 5.41 Å². The van der Waals surface area contributed by atoms with Crippen molar-refractivity contribution in [1.29, 1.82) is 0 Å². The molecule has 0 N–H and O–H groups in total. The van der Waals surface area contributed by atoms with E-state index >= 15 is 0 Å². The van der Waals surface area contributed by atoms with Gasteiger partial charge in [0.25, 0.3) is 0 Å². The minimum absolute atomic E-state index is 0.156. The lowest BCUT2D eigenvalue weighted by molar-refractivity contribution is 0.590. The Labute approximate surface area is 136 Å². The van der Waals surface area contributed by atoms with Gasteiger partial charge >= 0.3 is 0 Å². The third kappa shape index (κ3) is 4.77. The summed E-state index contributed by atoms with van der Waals surface area (Å²) in [7, 11) is 0. The normalized spacial score (nSPS) is 12.0. The van der Waals surface area contributed by atoms with Crippen molar-refractivity contribution in [2.75, 3.05) is 4.90 Å². The first-order valence-corrected chi connectivity index (χ1v) is 7.89. The van der Waals surface area contributed by atoms with Gasteiger partial charge in [0.1, 0.15) is 0 Å². The van der Waals surface area contributed by atoms with Crippen LogP contribution in [0.15, 0.2) is 73.1 Å². The van der Waals surface area contributed by atoms with Gasteiger partial charge in [-0.1, -0.05) is 65.1 Å². The molecule has 0 bridgehead atoms. The van der Waals surface area contributed by atoms with Gasteiger partial charge in [-0.15, -0.1) is 0 Å². The zero-order valence-electron chi connectivity index (χ0n) is 14.7. The molecule has 1 nitrogen and oxygen atoms in total. The highest BCUT2D eigenvalue weighted by Crippen LogP contribution is 2.28. The second-order valence-electron chi connectivity index (χ2n) is 6.43. The molecule has 0 aliphatic heterocycles. The van der Waals surface area contributed by atoms with Crippen molar-refractivity contribution in [2.45, 2.75) is 46.5 Å². The first kappa shape index (κ1) is 18.0. The van der Waals surface area contributed by atoms with E-state index < -0.39 is 0 Å². The lowest BCUT2D eigenvalue weighted by Crippen LogP contribution is -2.19. The molecule has 0 amide bonds. The Kier molecular flexibility index (Phi) is 6.42. The number of anilines is 1. The summed E-state index contributed by atoms with van der Waals surface area (Å²) in [5.74, 6) is 0.